The lowest BCUT2D eigenvalue weighted by molar-refractivity contribution is 0.476. The van der Waals surface area contributed by atoms with Crippen molar-refractivity contribution in [1.82, 2.24) is 15.0 Å². The van der Waals surface area contributed by atoms with Crippen molar-refractivity contribution in [3.8, 4) is 5.75 Å². The van der Waals surface area contributed by atoms with E-state index in [2.05, 4.69) is 20.3 Å². The number of hydrogen-bond donors (Lipinski definition) is 3. The molecule has 0 saturated heterocycles. The topological polar surface area (TPSA) is 73.8 Å². The van der Waals surface area contributed by atoms with E-state index in [1.54, 1.807) is 12.1 Å². The molecule has 0 atom stereocenters. The standard InChI is InChI=1S/C16H12N4O/c21-11-6-7-13-12(8-11)14-15(20-13)16(18-9-17-14)19-10-4-2-1-3-5-10/h1-9,20-21H,(H,17,18,19). The molecule has 102 valence electrons. The maximum absolute atomic E-state index is 9.64. The second kappa shape index (κ2) is 4.49. The molecule has 0 radical (unpaired) electrons. The fourth-order valence-corrected chi connectivity index (χ4v) is 2.43. The number of anilines is 2. The Hall–Kier alpha value is -3.08. The highest BCUT2D eigenvalue weighted by atomic mass is 16.3. The predicted molar refractivity (Wildman–Crippen MR) is 82.8 cm³/mol. The van der Waals surface area contributed by atoms with Gasteiger partial charge in [-0.25, -0.2) is 9.97 Å². The number of phenolic OH excluding ortho intramolecular Hbond substituents is 1. The van der Waals surface area contributed by atoms with Crippen molar-refractivity contribution in [2.75, 3.05) is 5.32 Å². The van der Waals surface area contributed by atoms with Gasteiger partial charge in [-0.15, -0.1) is 0 Å². The summed E-state index contributed by atoms with van der Waals surface area (Å²) >= 11 is 0. The molecule has 0 aliphatic heterocycles. The zero-order chi connectivity index (χ0) is 14.2. The number of para-hydroxylation sites is 1. The quantitative estimate of drug-likeness (QED) is 0.523. The first kappa shape index (κ1) is 11.7. The third kappa shape index (κ3) is 1.95. The van der Waals surface area contributed by atoms with Crippen molar-refractivity contribution in [2.45, 2.75) is 0 Å². The molecule has 0 spiro atoms. The van der Waals surface area contributed by atoms with Gasteiger partial charge in [0.25, 0.3) is 0 Å². The zero-order valence-corrected chi connectivity index (χ0v) is 11.0. The molecule has 0 unspecified atom stereocenters. The molecule has 3 N–H and O–H groups in total. The Labute approximate surface area is 120 Å². The van der Waals surface area contributed by atoms with Gasteiger partial charge in [-0.2, -0.15) is 0 Å². The second-order valence-electron chi connectivity index (χ2n) is 4.79. The summed E-state index contributed by atoms with van der Waals surface area (Å²) in [6.45, 7) is 0. The summed E-state index contributed by atoms with van der Waals surface area (Å²) in [5, 5.41) is 13.8. The third-order valence-corrected chi connectivity index (χ3v) is 3.40. The summed E-state index contributed by atoms with van der Waals surface area (Å²) in [5.41, 5.74) is 3.48. The molecular weight excluding hydrogens is 264 g/mol. The summed E-state index contributed by atoms with van der Waals surface area (Å²) in [4.78, 5) is 11.9. The number of rotatable bonds is 2. The number of fused-ring (bicyclic) bond motifs is 3. The Kier molecular flexibility index (Phi) is 2.50. The summed E-state index contributed by atoms with van der Waals surface area (Å²) in [5.74, 6) is 0.932. The van der Waals surface area contributed by atoms with Gasteiger partial charge in [0.05, 0.1) is 0 Å². The lowest BCUT2D eigenvalue weighted by Gasteiger charge is -2.05. The van der Waals surface area contributed by atoms with Crippen LogP contribution in [0.15, 0.2) is 54.9 Å². The third-order valence-electron chi connectivity index (χ3n) is 3.40. The van der Waals surface area contributed by atoms with Crippen LogP contribution in [-0.4, -0.2) is 20.1 Å². The van der Waals surface area contributed by atoms with Crippen LogP contribution >= 0.6 is 0 Å². The van der Waals surface area contributed by atoms with Crippen LogP contribution in [0.4, 0.5) is 11.5 Å². The minimum absolute atomic E-state index is 0.222. The monoisotopic (exact) mass is 276 g/mol. The smallest absolute Gasteiger partial charge is 0.158 e. The number of H-pyrrole nitrogens is 1. The Bertz CT molecular complexity index is 931. The number of nitrogens with one attached hydrogen (secondary N) is 2. The van der Waals surface area contributed by atoms with Crippen LogP contribution in [0.2, 0.25) is 0 Å². The molecule has 0 amide bonds. The van der Waals surface area contributed by atoms with Gasteiger partial charge >= 0.3 is 0 Å². The lowest BCUT2D eigenvalue weighted by atomic mass is 10.2. The van der Waals surface area contributed by atoms with Crippen LogP contribution in [0, 0.1) is 0 Å². The highest BCUT2D eigenvalue weighted by molar-refractivity contribution is 6.08. The average Bonchev–Trinajstić information content (AvgIpc) is 2.88. The van der Waals surface area contributed by atoms with Gasteiger partial charge in [0, 0.05) is 16.6 Å². The average molecular weight is 276 g/mol. The number of aromatic nitrogens is 3. The minimum atomic E-state index is 0.222. The second-order valence-corrected chi connectivity index (χ2v) is 4.79. The van der Waals surface area contributed by atoms with Crippen molar-refractivity contribution >= 4 is 33.4 Å². The number of aromatic hydroxyl groups is 1. The van der Waals surface area contributed by atoms with Crippen LogP contribution in [0.25, 0.3) is 21.9 Å². The van der Waals surface area contributed by atoms with E-state index >= 15 is 0 Å². The molecule has 2 aromatic carbocycles. The molecule has 4 aromatic rings. The Morgan fingerprint density at radius 1 is 1.00 bits per heavy atom. The van der Waals surface area contributed by atoms with Crippen molar-refractivity contribution in [1.29, 1.82) is 0 Å². The molecule has 21 heavy (non-hydrogen) atoms. The Morgan fingerprint density at radius 3 is 2.71 bits per heavy atom. The molecule has 0 aliphatic carbocycles. The predicted octanol–water partition coefficient (Wildman–Crippen LogP) is 3.56. The zero-order valence-electron chi connectivity index (χ0n) is 11.0. The van der Waals surface area contributed by atoms with Crippen LogP contribution in [0.3, 0.4) is 0 Å². The molecule has 0 bridgehead atoms. The molecule has 0 saturated carbocycles. The molecule has 2 heterocycles. The summed E-state index contributed by atoms with van der Waals surface area (Å²) in [7, 11) is 0. The van der Waals surface area contributed by atoms with E-state index in [-0.39, 0.29) is 5.75 Å². The van der Waals surface area contributed by atoms with Crippen LogP contribution in [0.1, 0.15) is 0 Å². The van der Waals surface area contributed by atoms with Crippen molar-refractivity contribution < 1.29 is 5.11 Å². The molecule has 0 aliphatic rings. The fraction of sp³-hybridized carbons (Fsp3) is 0. The fourth-order valence-electron chi connectivity index (χ4n) is 2.43. The number of benzene rings is 2. The molecular formula is C16H12N4O. The van der Waals surface area contributed by atoms with Gasteiger partial charge in [0.15, 0.2) is 5.82 Å². The van der Waals surface area contributed by atoms with Gasteiger partial charge in [0.1, 0.15) is 23.1 Å². The van der Waals surface area contributed by atoms with E-state index in [0.29, 0.717) is 5.82 Å². The minimum Gasteiger partial charge on any atom is -0.508 e. The molecule has 0 fully saturated rings. The number of nitrogens with zero attached hydrogens (tertiary/aromatic N) is 2. The molecule has 4 rings (SSSR count). The number of aromatic amines is 1. The van der Waals surface area contributed by atoms with E-state index in [1.807, 2.05) is 36.4 Å². The van der Waals surface area contributed by atoms with E-state index in [4.69, 9.17) is 0 Å². The summed E-state index contributed by atoms with van der Waals surface area (Å²) in [6.07, 6.45) is 1.52. The molecule has 2 aromatic heterocycles. The van der Waals surface area contributed by atoms with Crippen molar-refractivity contribution in [3.63, 3.8) is 0 Å². The Balaban J connectivity index is 1.92. The number of phenols is 1. The highest BCUT2D eigenvalue weighted by Gasteiger charge is 2.11. The van der Waals surface area contributed by atoms with Crippen LogP contribution in [-0.2, 0) is 0 Å². The van der Waals surface area contributed by atoms with Gasteiger partial charge in [0.2, 0.25) is 0 Å². The van der Waals surface area contributed by atoms with Crippen molar-refractivity contribution in [3.05, 3.63) is 54.9 Å². The van der Waals surface area contributed by atoms with E-state index in [9.17, 15) is 5.11 Å². The van der Waals surface area contributed by atoms with Crippen LogP contribution in [0.5, 0.6) is 5.75 Å². The maximum Gasteiger partial charge on any atom is 0.158 e. The summed E-state index contributed by atoms with van der Waals surface area (Å²) < 4.78 is 0. The van der Waals surface area contributed by atoms with Gasteiger partial charge in [-0.3, -0.25) is 0 Å². The normalized spacial score (nSPS) is 11.0. The van der Waals surface area contributed by atoms with E-state index in [0.717, 1.165) is 27.6 Å². The SMILES string of the molecule is Oc1ccc2[nH]c3c(Nc4ccccc4)ncnc3c2c1. The first-order valence-electron chi connectivity index (χ1n) is 6.59. The first-order valence-corrected chi connectivity index (χ1v) is 6.59. The highest BCUT2D eigenvalue weighted by Crippen LogP contribution is 2.30. The largest absolute Gasteiger partial charge is 0.508 e. The molecule has 5 nitrogen and oxygen atoms in total. The van der Waals surface area contributed by atoms with Crippen molar-refractivity contribution in [2.24, 2.45) is 0 Å². The molecule has 5 heteroatoms. The van der Waals surface area contributed by atoms with Gasteiger partial charge < -0.3 is 15.4 Å². The van der Waals surface area contributed by atoms with Crippen LogP contribution < -0.4 is 5.32 Å². The maximum atomic E-state index is 9.64. The Morgan fingerprint density at radius 2 is 1.86 bits per heavy atom. The van der Waals surface area contributed by atoms with Gasteiger partial charge in [-0.05, 0) is 30.3 Å². The van der Waals surface area contributed by atoms with Gasteiger partial charge in [-0.1, -0.05) is 18.2 Å². The number of hydrogen-bond acceptors (Lipinski definition) is 4. The van der Waals surface area contributed by atoms with E-state index in [1.165, 1.54) is 6.33 Å². The first-order chi connectivity index (χ1) is 10.3. The lowest BCUT2D eigenvalue weighted by Crippen LogP contribution is -1.95. The van der Waals surface area contributed by atoms with E-state index < -0.39 is 0 Å². The summed E-state index contributed by atoms with van der Waals surface area (Å²) in [6, 6.07) is 15.0.